The highest BCUT2D eigenvalue weighted by molar-refractivity contribution is 6.30. The Labute approximate surface area is 170 Å². The molecule has 0 unspecified atom stereocenters. The standard InChI is InChI=1S/C21H18ClF2NO4/c1-4-29-21(28)10(2)17-11(3)25(15-7-8-16(26)19(24)18(15)17)20(27)12-5-6-13(22)14(23)9-12/h5-10,26H,4H2,1-3H3/t10-/m0/s1. The fraction of sp³-hybridized carbons (Fsp3) is 0.238. The maximum Gasteiger partial charge on any atom is 0.313 e. The molecule has 0 aliphatic rings. The Morgan fingerprint density at radius 1 is 1.24 bits per heavy atom. The Morgan fingerprint density at radius 2 is 1.93 bits per heavy atom. The Hall–Kier alpha value is -2.93. The zero-order chi connectivity index (χ0) is 21.5. The van der Waals surface area contributed by atoms with Crippen LogP contribution in [0.1, 0.15) is 41.4 Å². The fourth-order valence-electron chi connectivity index (χ4n) is 3.41. The Morgan fingerprint density at radius 3 is 2.55 bits per heavy atom. The van der Waals surface area contributed by atoms with E-state index < -0.39 is 35.2 Å². The minimum absolute atomic E-state index is 0.00396. The first-order chi connectivity index (χ1) is 13.7. The van der Waals surface area contributed by atoms with Gasteiger partial charge in [-0.3, -0.25) is 14.2 Å². The topological polar surface area (TPSA) is 68.5 Å². The number of benzene rings is 2. The summed E-state index contributed by atoms with van der Waals surface area (Å²) in [7, 11) is 0. The largest absolute Gasteiger partial charge is 0.505 e. The van der Waals surface area contributed by atoms with Crippen molar-refractivity contribution in [1.29, 1.82) is 0 Å². The van der Waals surface area contributed by atoms with Gasteiger partial charge in [-0.25, -0.2) is 8.78 Å². The lowest BCUT2D eigenvalue weighted by molar-refractivity contribution is -0.144. The first-order valence-corrected chi connectivity index (χ1v) is 9.25. The molecule has 1 atom stereocenters. The summed E-state index contributed by atoms with van der Waals surface area (Å²) in [5.74, 6) is -4.46. The summed E-state index contributed by atoms with van der Waals surface area (Å²) in [5.41, 5.74) is 0.639. The summed E-state index contributed by atoms with van der Waals surface area (Å²) in [4.78, 5) is 25.4. The van der Waals surface area contributed by atoms with E-state index in [4.69, 9.17) is 16.3 Å². The number of fused-ring (bicyclic) bond motifs is 1. The van der Waals surface area contributed by atoms with Crippen LogP contribution >= 0.6 is 11.6 Å². The average Bonchev–Trinajstić information content (AvgIpc) is 2.98. The summed E-state index contributed by atoms with van der Waals surface area (Å²) in [6.45, 7) is 4.86. The molecule has 0 saturated heterocycles. The maximum absolute atomic E-state index is 14.8. The molecular weight excluding hydrogens is 404 g/mol. The molecule has 0 amide bonds. The van der Waals surface area contributed by atoms with Gasteiger partial charge >= 0.3 is 5.97 Å². The number of carbonyl (C=O) groups excluding carboxylic acids is 2. The monoisotopic (exact) mass is 421 g/mol. The van der Waals surface area contributed by atoms with Crippen LogP contribution in [0.25, 0.3) is 10.9 Å². The number of hydrogen-bond donors (Lipinski definition) is 1. The molecule has 3 rings (SSSR count). The number of phenols is 1. The van der Waals surface area contributed by atoms with Gasteiger partial charge in [0.2, 0.25) is 0 Å². The second-order valence-corrected chi connectivity index (χ2v) is 6.94. The second kappa shape index (κ2) is 7.83. The molecule has 0 aliphatic heterocycles. The Balaban J connectivity index is 2.29. The molecule has 1 heterocycles. The van der Waals surface area contributed by atoms with E-state index in [-0.39, 0.29) is 39.4 Å². The number of aromatic nitrogens is 1. The van der Waals surface area contributed by atoms with Crippen molar-refractivity contribution in [2.45, 2.75) is 26.7 Å². The number of halogens is 3. The third-order valence-corrected chi connectivity index (χ3v) is 5.08. The summed E-state index contributed by atoms with van der Waals surface area (Å²) < 4.78 is 34.9. The van der Waals surface area contributed by atoms with E-state index >= 15 is 0 Å². The van der Waals surface area contributed by atoms with E-state index in [9.17, 15) is 23.5 Å². The number of hydrogen-bond acceptors (Lipinski definition) is 4. The van der Waals surface area contributed by atoms with Crippen LogP contribution in [0.5, 0.6) is 5.75 Å². The summed E-state index contributed by atoms with van der Waals surface area (Å²) >= 11 is 5.68. The van der Waals surface area contributed by atoms with Crippen LogP contribution in [0.2, 0.25) is 5.02 Å². The van der Waals surface area contributed by atoms with Gasteiger partial charge in [0.15, 0.2) is 11.6 Å². The van der Waals surface area contributed by atoms with Gasteiger partial charge in [-0.2, -0.15) is 0 Å². The van der Waals surface area contributed by atoms with Crippen LogP contribution in [-0.4, -0.2) is 28.2 Å². The highest BCUT2D eigenvalue weighted by Crippen LogP contribution is 2.37. The van der Waals surface area contributed by atoms with Crippen LogP contribution in [0.15, 0.2) is 30.3 Å². The zero-order valence-electron chi connectivity index (χ0n) is 15.9. The number of rotatable bonds is 4. The van der Waals surface area contributed by atoms with E-state index in [1.807, 2.05) is 0 Å². The first-order valence-electron chi connectivity index (χ1n) is 8.87. The van der Waals surface area contributed by atoms with Crippen LogP contribution in [0.3, 0.4) is 0 Å². The van der Waals surface area contributed by atoms with Crippen molar-refractivity contribution in [3.8, 4) is 5.75 Å². The number of aromatic hydroxyl groups is 1. The number of carbonyl (C=O) groups is 2. The molecule has 1 aromatic heterocycles. The number of phenolic OH excluding ortho intramolecular Hbond substituents is 1. The van der Waals surface area contributed by atoms with Gasteiger partial charge in [0, 0.05) is 16.6 Å². The normalized spacial score (nSPS) is 12.2. The first kappa shape index (κ1) is 20.8. The van der Waals surface area contributed by atoms with Crippen molar-refractivity contribution in [3.05, 3.63) is 63.8 Å². The average molecular weight is 422 g/mol. The van der Waals surface area contributed by atoms with Gasteiger partial charge in [-0.1, -0.05) is 11.6 Å². The van der Waals surface area contributed by atoms with Gasteiger partial charge < -0.3 is 9.84 Å². The third kappa shape index (κ3) is 3.46. The van der Waals surface area contributed by atoms with Crippen LogP contribution in [0, 0.1) is 18.6 Å². The number of nitrogens with zero attached hydrogens (tertiary/aromatic N) is 1. The number of esters is 1. The molecule has 3 aromatic rings. The van der Waals surface area contributed by atoms with Crippen LogP contribution in [-0.2, 0) is 9.53 Å². The zero-order valence-corrected chi connectivity index (χ0v) is 16.7. The predicted molar refractivity (Wildman–Crippen MR) is 104 cm³/mol. The molecule has 0 saturated carbocycles. The molecule has 8 heteroatoms. The molecule has 0 bridgehead atoms. The van der Waals surface area contributed by atoms with Crippen molar-refractivity contribution in [3.63, 3.8) is 0 Å². The molecule has 0 fully saturated rings. The molecule has 2 aromatic carbocycles. The molecule has 29 heavy (non-hydrogen) atoms. The molecule has 0 aliphatic carbocycles. The number of ether oxygens (including phenoxy) is 1. The molecule has 5 nitrogen and oxygen atoms in total. The van der Waals surface area contributed by atoms with E-state index in [1.165, 1.54) is 29.7 Å². The van der Waals surface area contributed by atoms with E-state index in [2.05, 4.69) is 0 Å². The molecular formula is C21H18ClF2NO4. The van der Waals surface area contributed by atoms with Gasteiger partial charge in [0.25, 0.3) is 5.91 Å². The van der Waals surface area contributed by atoms with Gasteiger partial charge in [-0.15, -0.1) is 0 Å². The highest BCUT2D eigenvalue weighted by Gasteiger charge is 2.30. The minimum Gasteiger partial charge on any atom is -0.505 e. The quantitative estimate of drug-likeness (QED) is 0.606. The van der Waals surface area contributed by atoms with Crippen LogP contribution in [0.4, 0.5) is 8.78 Å². The van der Waals surface area contributed by atoms with Gasteiger partial charge in [0.1, 0.15) is 5.82 Å². The van der Waals surface area contributed by atoms with Crippen molar-refractivity contribution in [2.75, 3.05) is 6.61 Å². The lowest BCUT2D eigenvalue weighted by atomic mass is 9.97. The molecule has 152 valence electrons. The minimum atomic E-state index is -0.953. The Bertz CT molecular complexity index is 1140. The van der Waals surface area contributed by atoms with Crippen molar-refractivity contribution < 1.29 is 28.2 Å². The summed E-state index contributed by atoms with van der Waals surface area (Å²) in [6.07, 6.45) is 0. The van der Waals surface area contributed by atoms with E-state index in [0.29, 0.717) is 0 Å². The van der Waals surface area contributed by atoms with Gasteiger partial charge in [-0.05, 0) is 56.7 Å². The molecule has 1 N–H and O–H groups in total. The van der Waals surface area contributed by atoms with Crippen LogP contribution < -0.4 is 0 Å². The predicted octanol–water partition coefficient (Wildman–Crippen LogP) is 4.94. The summed E-state index contributed by atoms with van der Waals surface area (Å²) in [5, 5.41) is 9.64. The Kier molecular flexibility index (Phi) is 5.61. The van der Waals surface area contributed by atoms with E-state index in [0.717, 1.165) is 12.1 Å². The van der Waals surface area contributed by atoms with Crippen molar-refractivity contribution in [1.82, 2.24) is 4.57 Å². The maximum atomic E-state index is 14.8. The van der Waals surface area contributed by atoms with Crippen molar-refractivity contribution in [2.24, 2.45) is 0 Å². The lowest BCUT2D eigenvalue weighted by Crippen LogP contribution is -2.16. The third-order valence-electron chi connectivity index (χ3n) is 4.78. The van der Waals surface area contributed by atoms with Crippen molar-refractivity contribution >= 4 is 34.4 Å². The molecule has 0 spiro atoms. The lowest BCUT2D eigenvalue weighted by Gasteiger charge is -2.12. The summed E-state index contributed by atoms with van der Waals surface area (Å²) in [6, 6.07) is 6.07. The fourth-order valence-corrected chi connectivity index (χ4v) is 3.53. The highest BCUT2D eigenvalue weighted by atomic mass is 35.5. The molecule has 0 radical (unpaired) electrons. The second-order valence-electron chi connectivity index (χ2n) is 6.54. The van der Waals surface area contributed by atoms with Gasteiger partial charge in [0.05, 0.1) is 23.1 Å². The van der Waals surface area contributed by atoms with E-state index in [1.54, 1.807) is 13.8 Å². The smallest absolute Gasteiger partial charge is 0.313 e. The SMILES string of the molecule is CCOC(=O)[C@@H](C)c1c(C)n(C(=O)c2ccc(Cl)c(F)c2)c2ccc(O)c(F)c12.